The average Bonchev–Trinajstić information content (AvgIpc) is 2.97. The molecule has 3 heteroatoms. The number of benzene rings is 2. The highest BCUT2D eigenvalue weighted by molar-refractivity contribution is 9.10. The second kappa shape index (κ2) is 4.85. The first-order valence-electron chi connectivity index (χ1n) is 7.25. The first kappa shape index (κ1) is 12.8. The highest BCUT2D eigenvalue weighted by Crippen LogP contribution is 2.33. The normalized spacial score (nSPS) is 11.7. The van der Waals surface area contributed by atoms with Gasteiger partial charge >= 0.3 is 0 Å². The molecular formula is C18H15BrN2. The van der Waals surface area contributed by atoms with Gasteiger partial charge in [-0.25, -0.2) is 4.98 Å². The first-order chi connectivity index (χ1) is 10.3. The Morgan fingerprint density at radius 2 is 2.05 bits per heavy atom. The van der Waals surface area contributed by atoms with Gasteiger partial charge in [0.2, 0.25) is 0 Å². The molecule has 0 N–H and O–H groups in total. The van der Waals surface area contributed by atoms with Crippen molar-refractivity contribution in [3.8, 4) is 0 Å². The van der Waals surface area contributed by atoms with E-state index >= 15 is 0 Å². The molecule has 0 aliphatic heterocycles. The zero-order chi connectivity index (χ0) is 14.4. The molecule has 0 amide bonds. The van der Waals surface area contributed by atoms with E-state index in [4.69, 9.17) is 0 Å². The summed E-state index contributed by atoms with van der Waals surface area (Å²) in [5.74, 6) is 0. The molecule has 4 rings (SSSR count). The molecule has 0 bridgehead atoms. The fraction of sp³-hybridized carbons (Fsp3) is 0.167. The van der Waals surface area contributed by atoms with Crippen LogP contribution in [0.4, 0.5) is 0 Å². The molecule has 0 saturated carbocycles. The number of nitrogens with zero attached hydrogens (tertiary/aromatic N) is 2. The van der Waals surface area contributed by atoms with Crippen LogP contribution in [-0.2, 0) is 6.42 Å². The predicted molar refractivity (Wildman–Crippen MR) is 91.9 cm³/mol. The topological polar surface area (TPSA) is 17.3 Å². The Hall–Kier alpha value is -1.87. The standard InChI is InChI=1S/C18H15BrN2/c1-2-4-12-5-3-6-14-15-11-13(19)7-8-16(15)21-10-9-20-18(21)17(12)14/h3,5-11H,2,4H2,1H3. The van der Waals surface area contributed by atoms with Crippen LogP contribution in [0.1, 0.15) is 18.9 Å². The number of imidazole rings is 1. The van der Waals surface area contributed by atoms with Crippen molar-refractivity contribution in [2.45, 2.75) is 19.8 Å². The summed E-state index contributed by atoms with van der Waals surface area (Å²) in [6.45, 7) is 2.22. The van der Waals surface area contributed by atoms with Crippen molar-refractivity contribution < 1.29 is 0 Å². The van der Waals surface area contributed by atoms with E-state index in [0.29, 0.717) is 0 Å². The minimum absolute atomic E-state index is 1.06. The smallest absolute Gasteiger partial charge is 0.145 e. The lowest BCUT2D eigenvalue weighted by Crippen LogP contribution is -1.94. The van der Waals surface area contributed by atoms with Gasteiger partial charge in [0.25, 0.3) is 0 Å². The van der Waals surface area contributed by atoms with E-state index in [2.05, 4.69) is 68.6 Å². The number of hydrogen-bond acceptors (Lipinski definition) is 1. The largest absolute Gasteiger partial charge is 0.299 e. The lowest BCUT2D eigenvalue weighted by atomic mass is 9.99. The molecule has 2 heterocycles. The summed E-state index contributed by atoms with van der Waals surface area (Å²) in [6.07, 6.45) is 6.16. The Morgan fingerprint density at radius 3 is 2.90 bits per heavy atom. The van der Waals surface area contributed by atoms with Gasteiger partial charge in [-0.05, 0) is 35.6 Å². The van der Waals surface area contributed by atoms with Gasteiger partial charge in [-0.3, -0.25) is 4.40 Å². The van der Waals surface area contributed by atoms with Crippen LogP contribution in [0.25, 0.3) is 27.3 Å². The van der Waals surface area contributed by atoms with Crippen LogP contribution in [-0.4, -0.2) is 9.38 Å². The number of pyridine rings is 1. The van der Waals surface area contributed by atoms with Gasteiger partial charge in [0.05, 0.1) is 5.52 Å². The number of aromatic nitrogens is 2. The van der Waals surface area contributed by atoms with E-state index < -0.39 is 0 Å². The summed E-state index contributed by atoms with van der Waals surface area (Å²) in [5, 5.41) is 3.84. The third kappa shape index (κ3) is 1.88. The maximum Gasteiger partial charge on any atom is 0.145 e. The predicted octanol–water partition coefficient (Wildman–Crippen LogP) is 5.36. The summed E-state index contributed by atoms with van der Waals surface area (Å²) >= 11 is 3.60. The fourth-order valence-corrected chi connectivity index (χ4v) is 3.54. The van der Waals surface area contributed by atoms with Crippen LogP contribution in [0.15, 0.2) is 53.3 Å². The Labute approximate surface area is 131 Å². The van der Waals surface area contributed by atoms with Crippen molar-refractivity contribution in [3.63, 3.8) is 0 Å². The number of halogens is 1. The second-order valence-corrected chi connectivity index (χ2v) is 6.29. The molecule has 21 heavy (non-hydrogen) atoms. The molecule has 2 aromatic heterocycles. The zero-order valence-electron chi connectivity index (χ0n) is 11.8. The van der Waals surface area contributed by atoms with Crippen molar-refractivity contribution in [1.29, 1.82) is 0 Å². The molecular weight excluding hydrogens is 324 g/mol. The van der Waals surface area contributed by atoms with Crippen LogP contribution >= 0.6 is 15.9 Å². The van der Waals surface area contributed by atoms with Gasteiger partial charge in [0.15, 0.2) is 0 Å². The van der Waals surface area contributed by atoms with Crippen LogP contribution in [0.2, 0.25) is 0 Å². The van der Waals surface area contributed by atoms with Crippen molar-refractivity contribution in [3.05, 3.63) is 58.8 Å². The van der Waals surface area contributed by atoms with Crippen LogP contribution in [0, 0.1) is 0 Å². The van der Waals surface area contributed by atoms with Gasteiger partial charge < -0.3 is 0 Å². The lowest BCUT2D eigenvalue weighted by Gasteiger charge is -2.12. The van der Waals surface area contributed by atoms with Crippen LogP contribution < -0.4 is 0 Å². The van der Waals surface area contributed by atoms with Crippen molar-refractivity contribution >= 4 is 43.3 Å². The van der Waals surface area contributed by atoms with E-state index in [-0.39, 0.29) is 0 Å². The Kier molecular flexibility index (Phi) is 2.96. The molecule has 2 aromatic carbocycles. The van der Waals surface area contributed by atoms with Gasteiger partial charge in [-0.1, -0.05) is 47.5 Å². The average molecular weight is 339 g/mol. The van der Waals surface area contributed by atoms with Crippen molar-refractivity contribution in [2.75, 3.05) is 0 Å². The summed E-state index contributed by atoms with van der Waals surface area (Å²) in [7, 11) is 0. The summed E-state index contributed by atoms with van der Waals surface area (Å²) in [5.41, 5.74) is 3.64. The molecule has 0 saturated heterocycles. The zero-order valence-corrected chi connectivity index (χ0v) is 13.4. The van der Waals surface area contributed by atoms with Crippen molar-refractivity contribution in [2.24, 2.45) is 0 Å². The Bertz CT molecular complexity index is 969. The molecule has 4 aromatic rings. The first-order valence-corrected chi connectivity index (χ1v) is 8.05. The summed E-state index contributed by atoms with van der Waals surface area (Å²) in [4.78, 5) is 4.61. The lowest BCUT2D eigenvalue weighted by molar-refractivity contribution is 0.929. The molecule has 0 aliphatic rings. The maximum atomic E-state index is 4.61. The minimum Gasteiger partial charge on any atom is -0.299 e. The van der Waals surface area contributed by atoms with Crippen LogP contribution in [0.5, 0.6) is 0 Å². The van der Waals surface area contributed by atoms with E-state index in [1.54, 1.807) is 0 Å². The van der Waals surface area contributed by atoms with Crippen LogP contribution in [0.3, 0.4) is 0 Å². The molecule has 0 unspecified atom stereocenters. The molecule has 0 fully saturated rings. The minimum atomic E-state index is 1.06. The third-order valence-corrected chi connectivity index (χ3v) is 4.54. The van der Waals surface area contributed by atoms with E-state index in [9.17, 15) is 0 Å². The Balaban J connectivity index is 2.31. The van der Waals surface area contributed by atoms with Gasteiger partial charge in [0, 0.05) is 27.6 Å². The Morgan fingerprint density at radius 1 is 1.14 bits per heavy atom. The third-order valence-electron chi connectivity index (χ3n) is 4.04. The number of aryl methyl sites for hydroxylation is 1. The molecule has 0 aliphatic carbocycles. The van der Waals surface area contributed by atoms with E-state index in [0.717, 1.165) is 23.0 Å². The van der Waals surface area contributed by atoms with Gasteiger partial charge in [0.1, 0.15) is 5.65 Å². The van der Waals surface area contributed by atoms with Gasteiger partial charge in [-0.15, -0.1) is 0 Å². The van der Waals surface area contributed by atoms with Gasteiger partial charge in [-0.2, -0.15) is 0 Å². The molecule has 0 radical (unpaired) electrons. The highest BCUT2D eigenvalue weighted by atomic mass is 79.9. The number of fused-ring (bicyclic) bond motifs is 6. The highest BCUT2D eigenvalue weighted by Gasteiger charge is 2.12. The summed E-state index contributed by atoms with van der Waals surface area (Å²) < 4.78 is 3.31. The monoisotopic (exact) mass is 338 g/mol. The quantitative estimate of drug-likeness (QED) is 0.450. The molecule has 0 atom stereocenters. The van der Waals surface area contributed by atoms with E-state index in [1.807, 2.05) is 12.4 Å². The second-order valence-electron chi connectivity index (χ2n) is 5.37. The number of rotatable bonds is 2. The number of hydrogen-bond donors (Lipinski definition) is 0. The maximum absolute atomic E-state index is 4.61. The molecule has 0 spiro atoms. The van der Waals surface area contributed by atoms with Crippen molar-refractivity contribution in [1.82, 2.24) is 9.38 Å². The SMILES string of the molecule is CCCc1cccc2c3cc(Br)ccc3n3ccnc3c12. The fourth-order valence-electron chi connectivity index (χ4n) is 3.18. The summed E-state index contributed by atoms with van der Waals surface area (Å²) in [6, 6.07) is 13.0. The molecule has 104 valence electrons. The molecule has 2 nitrogen and oxygen atoms in total. The van der Waals surface area contributed by atoms with E-state index in [1.165, 1.54) is 27.2 Å².